The highest BCUT2D eigenvalue weighted by atomic mass is 16.5. The van der Waals surface area contributed by atoms with Gasteiger partial charge < -0.3 is 15.2 Å². The molecule has 2 unspecified atom stereocenters. The Kier molecular flexibility index (Phi) is 4.54. The predicted molar refractivity (Wildman–Crippen MR) is 70.7 cm³/mol. The van der Waals surface area contributed by atoms with Gasteiger partial charge >= 0.3 is 0 Å². The molecule has 1 aromatic rings. The summed E-state index contributed by atoms with van der Waals surface area (Å²) in [4.78, 5) is 22.2. The Balaban J connectivity index is 1.81. The van der Waals surface area contributed by atoms with Gasteiger partial charge in [-0.2, -0.15) is 0 Å². The molecule has 1 fully saturated rings. The number of hydrazine groups is 1. The average Bonchev–Trinajstić information content (AvgIpc) is 2.93. The van der Waals surface area contributed by atoms with Gasteiger partial charge in [0.2, 0.25) is 5.91 Å². The summed E-state index contributed by atoms with van der Waals surface area (Å²) in [5, 5.41) is 0. The SMILES string of the molecule is NNC(=O)C1CCC(COc2ccc(C(N)=O)cc2)O1. The van der Waals surface area contributed by atoms with Gasteiger partial charge in [0.1, 0.15) is 18.5 Å². The number of amides is 2. The second-order valence-electron chi connectivity index (χ2n) is 4.53. The first kappa shape index (κ1) is 14.3. The van der Waals surface area contributed by atoms with E-state index in [1.165, 1.54) is 0 Å². The Hall–Kier alpha value is -2.12. The molecule has 0 saturated carbocycles. The molecule has 1 aliphatic heterocycles. The van der Waals surface area contributed by atoms with Crippen LogP contribution in [0.2, 0.25) is 0 Å². The lowest BCUT2D eigenvalue weighted by atomic mass is 10.2. The van der Waals surface area contributed by atoms with Crippen LogP contribution in [0.5, 0.6) is 5.75 Å². The van der Waals surface area contributed by atoms with Crippen LogP contribution in [0.15, 0.2) is 24.3 Å². The Bertz CT molecular complexity index is 489. The summed E-state index contributed by atoms with van der Waals surface area (Å²) < 4.78 is 11.1. The molecule has 2 atom stereocenters. The zero-order chi connectivity index (χ0) is 14.5. The van der Waals surface area contributed by atoms with Crippen molar-refractivity contribution in [2.45, 2.75) is 25.0 Å². The summed E-state index contributed by atoms with van der Waals surface area (Å²) in [6.07, 6.45) is 0.703. The molecule has 0 radical (unpaired) electrons. The predicted octanol–water partition coefficient (Wildman–Crippen LogP) is -0.298. The van der Waals surface area contributed by atoms with Crippen LogP contribution in [0, 0.1) is 0 Å². The van der Waals surface area contributed by atoms with Gasteiger partial charge in [-0.05, 0) is 37.1 Å². The van der Waals surface area contributed by atoms with Crippen molar-refractivity contribution in [1.29, 1.82) is 0 Å². The second kappa shape index (κ2) is 6.36. The third-order valence-electron chi connectivity index (χ3n) is 3.12. The minimum atomic E-state index is -0.508. The molecule has 20 heavy (non-hydrogen) atoms. The largest absolute Gasteiger partial charge is 0.491 e. The zero-order valence-electron chi connectivity index (χ0n) is 10.9. The van der Waals surface area contributed by atoms with Crippen molar-refractivity contribution in [2.24, 2.45) is 11.6 Å². The number of nitrogens with one attached hydrogen (secondary N) is 1. The third-order valence-corrected chi connectivity index (χ3v) is 3.12. The normalized spacial score (nSPS) is 21.4. The van der Waals surface area contributed by atoms with Crippen molar-refractivity contribution in [3.63, 3.8) is 0 Å². The number of hydrogen-bond acceptors (Lipinski definition) is 5. The summed E-state index contributed by atoms with van der Waals surface area (Å²) in [6.45, 7) is 0.338. The van der Waals surface area contributed by atoms with E-state index in [0.29, 0.717) is 24.3 Å². The van der Waals surface area contributed by atoms with E-state index in [4.69, 9.17) is 21.1 Å². The average molecular weight is 279 g/mol. The van der Waals surface area contributed by atoms with Crippen LogP contribution in [0.4, 0.5) is 0 Å². The van der Waals surface area contributed by atoms with Crippen LogP contribution in [0.25, 0.3) is 0 Å². The van der Waals surface area contributed by atoms with Crippen molar-refractivity contribution < 1.29 is 19.1 Å². The maximum atomic E-state index is 11.3. The van der Waals surface area contributed by atoms with Crippen molar-refractivity contribution in [1.82, 2.24) is 5.43 Å². The lowest BCUT2D eigenvalue weighted by Crippen LogP contribution is -2.39. The summed E-state index contributed by atoms with van der Waals surface area (Å²) in [5.41, 5.74) is 7.64. The lowest BCUT2D eigenvalue weighted by molar-refractivity contribution is -0.132. The minimum Gasteiger partial charge on any atom is -0.491 e. The monoisotopic (exact) mass is 279 g/mol. The van der Waals surface area contributed by atoms with E-state index in [-0.39, 0.29) is 12.0 Å². The summed E-state index contributed by atoms with van der Waals surface area (Å²) in [5.74, 6) is 4.87. The fourth-order valence-electron chi connectivity index (χ4n) is 2.02. The van der Waals surface area contributed by atoms with E-state index in [0.717, 1.165) is 6.42 Å². The Morgan fingerprint density at radius 2 is 2.00 bits per heavy atom. The van der Waals surface area contributed by atoms with Crippen molar-refractivity contribution in [2.75, 3.05) is 6.61 Å². The van der Waals surface area contributed by atoms with Crippen LogP contribution in [-0.4, -0.2) is 30.6 Å². The number of carbonyl (C=O) groups excluding carboxylic acids is 2. The smallest absolute Gasteiger partial charge is 0.263 e. The molecule has 2 amide bonds. The minimum absolute atomic E-state index is 0.145. The van der Waals surface area contributed by atoms with E-state index in [2.05, 4.69) is 5.43 Å². The molecule has 2 rings (SSSR count). The maximum absolute atomic E-state index is 11.3. The van der Waals surface area contributed by atoms with Crippen LogP contribution in [0.1, 0.15) is 23.2 Å². The second-order valence-corrected chi connectivity index (χ2v) is 4.53. The van der Waals surface area contributed by atoms with Gasteiger partial charge in [0.15, 0.2) is 0 Å². The first-order chi connectivity index (χ1) is 9.60. The Morgan fingerprint density at radius 1 is 1.30 bits per heavy atom. The van der Waals surface area contributed by atoms with Gasteiger partial charge in [0.05, 0.1) is 6.10 Å². The molecule has 5 N–H and O–H groups in total. The molecule has 1 aliphatic rings. The quantitative estimate of drug-likeness (QED) is 0.389. The number of rotatable bonds is 5. The molecular weight excluding hydrogens is 262 g/mol. The Morgan fingerprint density at radius 3 is 2.60 bits per heavy atom. The first-order valence-electron chi connectivity index (χ1n) is 6.28. The topological polar surface area (TPSA) is 117 Å². The first-order valence-corrected chi connectivity index (χ1v) is 6.28. The van der Waals surface area contributed by atoms with Crippen molar-refractivity contribution in [3.05, 3.63) is 29.8 Å². The number of nitrogens with two attached hydrogens (primary N) is 2. The van der Waals surface area contributed by atoms with E-state index in [9.17, 15) is 9.59 Å². The van der Waals surface area contributed by atoms with Crippen LogP contribution >= 0.6 is 0 Å². The number of benzene rings is 1. The number of hydrogen-bond donors (Lipinski definition) is 3. The van der Waals surface area contributed by atoms with Crippen molar-refractivity contribution in [3.8, 4) is 5.75 Å². The molecule has 0 aromatic heterocycles. The fraction of sp³-hybridized carbons (Fsp3) is 0.385. The molecule has 0 bridgehead atoms. The summed E-state index contributed by atoms with van der Waals surface area (Å²) in [6, 6.07) is 6.52. The number of carbonyl (C=O) groups is 2. The number of ether oxygens (including phenoxy) is 2. The van der Waals surface area contributed by atoms with Crippen molar-refractivity contribution >= 4 is 11.8 Å². The molecule has 0 aliphatic carbocycles. The highest BCUT2D eigenvalue weighted by Crippen LogP contribution is 2.21. The van der Waals surface area contributed by atoms with Crippen LogP contribution in [0.3, 0.4) is 0 Å². The number of primary amides is 1. The lowest BCUT2D eigenvalue weighted by Gasteiger charge is -2.13. The molecule has 108 valence electrons. The van der Waals surface area contributed by atoms with Gasteiger partial charge in [-0.25, -0.2) is 5.84 Å². The molecule has 1 aromatic carbocycles. The van der Waals surface area contributed by atoms with Gasteiger partial charge in [-0.1, -0.05) is 0 Å². The van der Waals surface area contributed by atoms with Gasteiger partial charge in [0.25, 0.3) is 5.91 Å². The van der Waals surface area contributed by atoms with E-state index >= 15 is 0 Å². The summed E-state index contributed by atoms with van der Waals surface area (Å²) in [7, 11) is 0. The molecule has 0 spiro atoms. The third kappa shape index (κ3) is 3.46. The van der Waals surface area contributed by atoms with E-state index in [1.54, 1.807) is 24.3 Å². The van der Waals surface area contributed by atoms with Crippen LogP contribution in [-0.2, 0) is 9.53 Å². The zero-order valence-corrected chi connectivity index (χ0v) is 10.9. The highest BCUT2D eigenvalue weighted by Gasteiger charge is 2.30. The standard InChI is InChI=1S/C13H17N3O4/c14-12(17)8-1-3-9(4-2-8)19-7-10-5-6-11(20-10)13(18)16-15/h1-4,10-11H,5-7,15H2,(H2,14,17)(H,16,18). The molecular formula is C13H17N3O4. The molecule has 1 saturated heterocycles. The summed E-state index contributed by atoms with van der Waals surface area (Å²) >= 11 is 0. The maximum Gasteiger partial charge on any atom is 0.263 e. The van der Waals surface area contributed by atoms with Gasteiger partial charge in [-0.15, -0.1) is 0 Å². The highest BCUT2D eigenvalue weighted by molar-refractivity contribution is 5.92. The van der Waals surface area contributed by atoms with Gasteiger partial charge in [0, 0.05) is 5.56 Å². The van der Waals surface area contributed by atoms with E-state index < -0.39 is 12.0 Å². The molecule has 1 heterocycles. The van der Waals surface area contributed by atoms with Crippen LogP contribution < -0.4 is 21.7 Å². The van der Waals surface area contributed by atoms with E-state index in [1.807, 2.05) is 0 Å². The van der Waals surface area contributed by atoms with Gasteiger partial charge in [-0.3, -0.25) is 15.0 Å². The fourth-order valence-corrected chi connectivity index (χ4v) is 2.02. The molecule has 7 nitrogen and oxygen atoms in total. The Labute approximate surface area is 116 Å². The molecule has 7 heteroatoms.